The van der Waals surface area contributed by atoms with Crippen LogP contribution in [-0.4, -0.2) is 26.9 Å². The Labute approximate surface area is 145 Å². The zero-order valence-electron chi connectivity index (χ0n) is 13.9. The molecule has 1 aliphatic heterocycles. The Morgan fingerprint density at radius 1 is 1.08 bits per heavy atom. The van der Waals surface area contributed by atoms with Gasteiger partial charge in [0, 0.05) is 18.4 Å². The Morgan fingerprint density at radius 2 is 1.72 bits per heavy atom. The number of hydrogen-bond acceptors (Lipinski definition) is 6. The van der Waals surface area contributed by atoms with E-state index in [4.69, 9.17) is 10.3 Å². The molecule has 2 fully saturated rings. The van der Waals surface area contributed by atoms with Gasteiger partial charge < -0.3 is 10.3 Å². The van der Waals surface area contributed by atoms with Gasteiger partial charge in [-0.15, -0.1) is 0 Å². The topological polar surface area (TPSA) is 102 Å². The highest BCUT2D eigenvalue weighted by Gasteiger charge is 2.36. The molecule has 0 spiro atoms. The minimum Gasteiger partial charge on any atom is -0.334 e. The molecule has 0 bridgehead atoms. The van der Waals surface area contributed by atoms with Crippen molar-refractivity contribution in [2.24, 2.45) is 5.73 Å². The largest absolute Gasteiger partial charge is 0.334 e. The van der Waals surface area contributed by atoms with E-state index in [0.29, 0.717) is 31.1 Å². The third kappa shape index (κ3) is 2.95. The summed E-state index contributed by atoms with van der Waals surface area (Å²) < 4.78 is 5.38. The summed E-state index contributed by atoms with van der Waals surface area (Å²) in [6, 6.07) is 7.45. The molecule has 25 heavy (non-hydrogen) atoms. The number of nitrogens with zero attached hydrogens (tertiary/aromatic N) is 3. The van der Waals surface area contributed by atoms with E-state index in [-0.39, 0.29) is 11.8 Å². The first kappa shape index (κ1) is 16.0. The van der Waals surface area contributed by atoms with Gasteiger partial charge >= 0.3 is 0 Å². The second kappa shape index (κ2) is 6.07. The number of benzene rings is 1. The SMILES string of the molecule is NC1(c2noc(-c3ccc(CN4C(=O)CCC4=O)cc3)n2)CCCC1. The van der Waals surface area contributed by atoms with Gasteiger partial charge in [0.2, 0.25) is 11.8 Å². The number of carbonyl (C=O) groups is 2. The molecular formula is C18H20N4O3. The highest BCUT2D eigenvalue weighted by Crippen LogP contribution is 2.35. The lowest BCUT2D eigenvalue weighted by Crippen LogP contribution is -2.34. The van der Waals surface area contributed by atoms with E-state index >= 15 is 0 Å². The third-order valence-corrected chi connectivity index (χ3v) is 5.06. The minimum absolute atomic E-state index is 0.111. The molecule has 0 atom stereocenters. The van der Waals surface area contributed by atoms with Crippen molar-refractivity contribution in [2.45, 2.75) is 50.6 Å². The number of aromatic nitrogens is 2. The van der Waals surface area contributed by atoms with Gasteiger partial charge in [0.25, 0.3) is 5.89 Å². The van der Waals surface area contributed by atoms with Crippen LogP contribution < -0.4 is 5.73 Å². The summed E-state index contributed by atoms with van der Waals surface area (Å²) in [6.45, 7) is 0.305. The highest BCUT2D eigenvalue weighted by atomic mass is 16.5. The van der Waals surface area contributed by atoms with Gasteiger partial charge in [-0.3, -0.25) is 14.5 Å². The number of nitrogens with two attached hydrogens (primary N) is 1. The molecule has 2 aliphatic rings. The molecule has 1 saturated heterocycles. The Hall–Kier alpha value is -2.54. The van der Waals surface area contributed by atoms with Crippen LogP contribution in [0.4, 0.5) is 0 Å². The summed E-state index contributed by atoms with van der Waals surface area (Å²) in [4.78, 5) is 29.2. The molecule has 7 nitrogen and oxygen atoms in total. The van der Waals surface area contributed by atoms with E-state index < -0.39 is 5.54 Å². The second-order valence-corrected chi connectivity index (χ2v) is 6.86. The van der Waals surface area contributed by atoms with Crippen LogP contribution in [-0.2, 0) is 21.7 Å². The number of imide groups is 1. The Morgan fingerprint density at radius 3 is 2.36 bits per heavy atom. The average molecular weight is 340 g/mol. The molecule has 7 heteroatoms. The fraction of sp³-hybridized carbons (Fsp3) is 0.444. The van der Waals surface area contributed by atoms with Crippen LogP contribution in [0.5, 0.6) is 0 Å². The van der Waals surface area contributed by atoms with Gasteiger partial charge in [-0.25, -0.2) is 0 Å². The van der Waals surface area contributed by atoms with Crippen molar-refractivity contribution in [1.82, 2.24) is 15.0 Å². The van der Waals surface area contributed by atoms with Gasteiger partial charge in [-0.1, -0.05) is 30.1 Å². The quantitative estimate of drug-likeness (QED) is 0.855. The summed E-state index contributed by atoms with van der Waals surface area (Å²) in [7, 11) is 0. The maximum Gasteiger partial charge on any atom is 0.257 e. The Kier molecular flexibility index (Phi) is 3.88. The van der Waals surface area contributed by atoms with E-state index in [1.807, 2.05) is 24.3 Å². The predicted octanol–water partition coefficient (Wildman–Crippen LogP) is 2.11. The molecule has 2 heterocycles. The lowest BCUT2D eigenvalue weighted by atomic mass is 9.99. The fourth-order valence-corrected chi connectivity index (χ4v) is 3.51. The van der Waals surface area contributed by atoms with Gasteiger partial charge in [-0.2, -0.15) is 4.98 Å². The molecule has 2 aromatic rings. The van der Waals surface area contributed by atoms with Crippen molar-refractivity contribution in [3.8, 4) is 11.5 Å². The van der Waals surface area contributed by atoms with Crippen LogP contribution in [0.25, 0.3) is 11.5 Å². The van der Waals surface area contributed by atoms with E-state index in [0.717, 1.165) is 36.8 Å². The maximum absolute atomic E-state index is 11.7. The second-order valence-electron chi connectivity index (χ2n) is 6.86. The standard InChI is InChI=1S/C18H20N4O3/c19-18(9-1-2-10-18)17-20-16(25-21-17)13-5-3-12(4-6-13)11-22-14(23)7-8-15(22)24/h3-6H,1-2,7-11,19H2. The van der Waals surface area contributed by atoms with E-state index in [1.54, 1.807) is 0 Å². The van der Waals surface area contributed by atoms with Gasteiger partial charge in [-0.05, 0) is 30.5 Å². The molecule has 1 aromatic heterocycles. The Bertz CT molecular complexity index is 790. The van der Waals surface area contributed by atoms with Gasteiger partial charge in [0.05, 0.1) is 12.1 Å². The summed E-state index contributed by atoms with van der Waals surface area (Å²) in [6.07, 6.45) is 4.54. The first-order valence-electron chi connectivity index (χ1n) is 8.61. The number of rotatable bonds is 4. The molecule has 0 unspecified atom stereocenters. The van der Waals surface area contributed by atoms with Crippen LogP contribution in [0, 0.1) is 0 Å². The van der Waals surface area contributed by atoms with Crippen molar-refractivity contribution in [3.05, 3.63) is 35.7 Å². The molecule has 0 radical (unpaired) electrons. The molecule has 4 rings (SSSR count). The van der Waals surface area contributed by atoms with E-state index in [9.17, 15) is 9.59 Å². The maximum atomic E-state index is 11.7. The monoisotopic (exact) mass is 340 g/mol. The normalized spacial score (nSPS) is 19.8. The summed E-state index contributed by atoms with van der Waals surface area (Å²) in [5.74, 6) is 0.782. The van der Waals surface area contributed by atoms with E-state index in [2.05, 4.69) is 10.1 Å². The summed E-state index contributed by atoms with van der Waals surface area (Å²) >= 11 is 0. The molecule has 1 aromatic carbocycles. The smallest absolute Gasteiger partial charge is 0.257 e. The lowest BCUT2D eigenvalue weighted by Gasteiger charge is -2.17. The van der Waals surface area contributed by atoms with Crippen molar-refractivity contribution in [1.29, 1.82) is 0 Å². The van der Waals surface area contributed by atoms with E-state index in [1.165, 1.54) is 4.90 Å². The molecule has 130 valence electrons. The van der Waals surface area contributed by atoms with Crippen LogP contribution in [0.3, 0.4) is 0 Å². The van der Waals surface area contributed by atoms with Gasteiger partial charge in [0.1, 0.15) is 0 Å². The van der Waals surface area contributed by atoms with Crippen LogP contribution in [0.15, 0.2) is 28.8 Å². The number of amides is 2. The average Bonchev–Trinajstić information content (AvgIpc) is 3.33. The molecule has 2 N–H and O–H groups in total. The third-order valence-electron chi connectivity index (χ3n) is 5.06. The first-order valence-corrected chi connectivity index (χ1v) is 8.61. The number of likely N-dealkylation sites (tertiary alicyclic amines) is 1. The van der Waals surface area contributed by atoms with Crippen LogP contribution in [0.1, 0.15) is 49.9 Å². The lowest BCUT2D eigenvalue weighted by molar-refractivity contribution is -0.139. The molecule has 1 aliphatic carbocycles. The van der Waals surface area contributed by atoms with Crippen molar-refractivity contribution >= 4 is 11.8 Å². The van der Waals surface area contributed by atoms with Crippen molar-refractivity contribution in [3.63, 3.8) is 0 Å². The Balaban J connectivity index is 1.50. The molecule has 2 amide bonds. The van der Waals surface area contributed by atoms with Crippen LogP contribution >= 0.6 is 0 Å². The number of hydrogen-bond donors (Lipinski definition) is 1. The zero-order chi connectivity index (χ0) is 17.4. The first-order chi connectivity index (χ1) is 12.0. The highest BCUT2D eigenvalue weighted by molar-refractivity contribution is 6.01. The fourth-order valence-electron chi connectivity index (χ4n) is 3.51. The zero-order valence-corrected chi connectivity index (χ0v) is 13.9. The van der Waals surface area contributed by atoms with Crippen molar-refractivity contribution in [2.75, 3.05) is 0 Å². The summed E-state index contributed by atoms with van der Waals surface area (Å²) in [5, 5.41) is 4.06. The number of carbonyl (C=O) groups excluding carboxylic acids is 2. The summed E-state index contributed by atoms with van der Waals surface area (Å²) in [5.41, 5.74) is 7.57. The minimum atomic E-state index is -0.474. The van der Waals surface area contributed by atoms with Crippen molar-refractivity contribution < 1.29 is 14.1 Å². The van der Waals surface area contributed by atoms with Crippen LogP contribution in [0.2, 0.25) is 0 Å². The van der Waals surface area contributed by atoms with Gasteiger partial charge in [0.15, 0.2) is 5.82 Å². The molecular weight excluding hydrogens is 320 g/mol. The molecule has 1 saturated carbocycles. The predicted molar refractivity (Wildman–Crippen MR) is 88.9 cm³/mol.